The first kappa shape index (κ1) is 37.9. The standard InChI is InChI=1S/C46H49N3O6S/c1-31-5-8-33(9-6-31)45-44(40-17-10-36(51)29-43(40)56-45)55-38-14-12-37(13-15-38)54-26-3-2-20-47-21-4-22-48(25-24-47)23-19-32-7-16-39-34(27-32)30-49(46(39)53)41-18-11-35(50)28-42(41)52/h5-10,12-17,27,29,41,51H,2-4,11,18-26,28,30H2,1H3. The summed E-state index contributed by atoms with van der Waals surface area (Å²) in [5.41, 5.74) is 5.19. The van der Waals surface area contributed by atoms with Gasteiger partial charge in [-0.2, -0.15) is 0 Å². The number of fused-ring (bicyclic) bond motifs is 2. The zero-order chi connectivity index (χ0) is 38.6. The lowest BCUT2D eigenvalue weighted by molar-refractivity contribution is -0.133. The molecular weight excluding hydrogens is 723 g/mol. The molecule has 10 heteroatoms. The molecule has 0 spiro atoms. The third kappa shape index (κ3) is 8.68. The number of aryl methyl sites for hydroxylation is 1. The number of unbranched alkanes of at least 4 members (excludes halogenated alkanes) is 1. The van der Waals surface area contributed by atoms with Crippen molar-refractivity contribution in [3.8, 4) is 33.4 Å². The van der Waals surface area contributed by atoms with Crippen LogP contribution in [0, 0.1) is 6.92 Å². The number of nitrogens with zero attached hydrogens (tertiary/aromatic N) is 3. The molecule has 3 aliphatic rings. The average Bonchev–Trinajstić information content (AvgIpc) is 3.60. The highest BCUT2D eigenvalue weighted by atomic mass is 32.1. The average molecular weight is 772 g/mol. The van der Waals surface area contributed by atoms with Crippen LogP contribution >= 0.6 is 11.3 Å². The van der Waals surface area contributed by atoms with Crippen molar-refractivity contribution in [2.45, 2.75) is 64.5 Å². The molecule has 1 unspecified atom stereocenters. The Morgan fingerprint density at radius 1 is 0.821 bits per heavy atom. The van der Waals surface area contributed by atoms with E-state index in [4.69, 9.17) is 9.47 Å². The topological polar surface area (TPSA) is 99.6 Å². The summed E-state index contributed by atoms with van der Waals surface area (Å²) < 4.78 is 13.6. The summed E-state index contributed by atoms with van der Waals surface area (Å²) in [4.78, 5) is 45.1. The van der Waals surface area contributed by atoms with E-state index in [1.165, 1.54) is 11.1 Å². The number of Topliss-reactive ketones (excluding diaryl/α,β-unsaturated/α-hetero) is 2. The van der Waals surface area contributed by atoms with E-state index in [1.807, 2.05) is 36.4 Å². The first-order valence-electron chi connectivity index (χ1n) is 19.9. The maximum atomic E-state index is 13.1. The van der Waals surface area contributed by atoms with Crippen molar-refractivity contribution in [1.29, 1.82) is 0 Å². The number of ketones is 2. The minimum Gasteiger partial charge on any atom is -0.508 e. The smallest absolute Gasteiger partial charge is 0.255 e. The third-order valence-corrected chi connectivity index (χ3v) is 12.5. The number of phenolic OH excluding ortho intramolecular Hbond substituents is 1. The van der Waals surface area contributed by atoms with Gasteiger partial charge in [0.1, 0.15) is 23.0 Å². The molecule has 2 fully saturated rings. The number of phenols is 1. The predicted molar refractivity (Wildman–Crippen MR) is 220 cm³/mol. The van der Waals surface area contributed by atoms with Gasteiger partial charge in [0, 0.05) is 48.2 Å². The Bertz CT molecular complexity index is 2210. The number of hydrogen-bond acceptors (Lipinski definition) is 9. The van der Waals surface area contributed by atoms with E-state index in [9.17, 15) is 19.5 Å². The van der Waals surface area contributed by atoms with Gasteiger partial charge < -0.3 is 29.3 Å². The first-order chi connectivity index (χ1) is 27.3. The number of carbonyl (C=O) groups excluding carboxylic acids is 3. The summed E-state index contributed by atoms with van der Waals surface area (Å²) in [7, 11) is 0. The lowest BCUT2D eigenvalue weighted by Gasteiger charge is -2.29. The van der Waals surface area contributed by atoms with Crippen molar-refractivity contribution < 1.29 is 29.0 Å². The lowest BCUT2D eigenvalue weighted by atomic mass is 9.92. The van der Waals surface area contributed by atoms with Crippen LogP contribution in [0.2, 0.25) is 0 Å². The Morgan fingerprint density at radius 2 is 1.59 bits per heavy atom. The third-order valence-electron chi connectivity index (χ3n) is 11.3. The summed E-state index contributed by atoms with van der Waals surface area (Å²) in [6.07, 6.45) is 4.90. The van der Waals surface area contributed by atoms with Gasteiger partial charge in [0.25, 0.3) is 5.91 Å². The highest BCUT2D eigenvalue weighted by Gasteiger charge is 2.39. The van der Waals surface area contributed by atoms with Crippen LogP contribution in [0.5, 0.6) is 23.0 Å². The number of thiophene rings is 1. The van der Waals surface area contributed by atoms with Gasteiger partial charge in [0.05, 0.1) is 23.9 Å². The number of rotatable bonds is 13. The molecule has 0 radical (unpaired) electrons. The van der Waals surface area contributed by atoms with Crippen molar-refractivity contribution in [2.24, 2.45) is 0 Å². The fraction of sp³-hybridized carbons (Fsp3) is 0.370. The van der Waals surface area contributed by atoms with Crippen molar-refractivity contribution in [1.82, 2.24) is 14.7 Å². The number of benzene rings is 4. The molecule has 1 amide bonds. The molecule has 4 aromatic carbocycles. The number of aromatic hydroxyl groups is 1. The van der Waals surface area contributed by atoms with Crippen LogP contribution in [0.4, 0.5) is 0 Å². The van der Waals surface area contributed by atoms with Gasteiger partial charge in [0.2, 0.25) is 0 Å². The van der Waals surface area contributed by atoms with Crippen LogP contribution < -0.4 is 9.47 Å². The van der Waals surface area contributed by atoms with Crippen molar-refractivity contribution >= 4 is 38.9 Å². The largest absolute Gasteiger partial charge is 0.508 e. The maximum absolute atomic E-state index is 13.1. The van der Waals surface area contributed by atoms with Crippen molar-refractivity contribution in [3.63, 3.8) is 0 Å². The van der Waals surface area contributed by atoms with Gasteiger partial charge >= 0.3 is 0 Å². The zero-order valence-corrected chi connectivity index (χ0v) is 32.8. The van der Waals surface area contributed by atoms with E-state index in [2.05, 4.69) is 53.1 Å². The quantitative estimate of drug-likeness (QED) is 0.0942. The van der Waals surface area contributed by atoms with Crippen molar-refractivity contribution in [2.75, 3.05) is 45.9 Å². The Morgan fingerprint density at radius 3 is 2.38 bits per heavy atom. The molecule has 2 aliphatic heterocycles. The van der Waals surface area contributed by atoms with E-state index < -0.39 is 6.04 Å². The normalized spacial score (nSPS) is 18.1. The van der Waals surface area contributed by atoms with Gasteiger partial charge in [-0.25, -0.2) is 0 Å². The molecule has 3 heterocycles. The van der Waals surface area contributed by atoms with Crippen LogP contribution in [0.15, 0.2) is 84.9 Å². The Labute approximate surface area is 332 Å². The molecule has 5 aromatic rings. The molecule has 290 valence electrons. The second-order valence-corrected chi connectivity index (χ2v) is 16.4. The van der Waals surface area contributed by atoms with Crippen LogP contribution in [0.1, 0.15) is 65.6 Å². The van der Waals surface area contributed by atoms with E-state index in [1.54, 1.807) is 28.4 Å². The van der Waals surface area contributed by atoms with Crippen LogP contribution in [-0.2, 0) is 22.6 Å². The Kier molecular flexibility index (Phi) is 11.5. The Hall–Kier alpha value is -5.03. The van der Waals surface area contributed by atoms with Gasteiger partial charge in [-0.05, 0) is 124 Å². The second-order valence-electron chi connectivity index (χ2n) is 15.4. The van der Waals surface area contributed by atoms with Crippen molar-refractivity contribution in [3.05, 3.63) is 107 Å². The monoisotopic (exact) mass is 771 g/mol. The van der Waals surface area contributed by atoms with E-state index in [0.29, 0.717) is 31.6 Å². The summed E-state index contributed by atoms with van der Waals surface area (Å²) in [5, 5.41) is 11.1. The molecule has 1 aliphatic carbocycles. The number of amides is 1. The summed E-state index contributed by atoms with van der Waals surface area (Å²) in [5.74, 6) is 2.36. The molecule has 56 heavy (non-hydrogen) atoms. The van der Waals surface area contributed by atoms with E-state index >= 15 is 0 Å². The molecule has 8 rings (SSSR count). The predicted octanol–water partition coefficient (Wildman–Crippen LogP) is 8.43. The molecule has 9 nitrogen and oxygen atoms in total. The highest BCUT2D eigenvalue weighted by molar-refractivity contribution is 7.22. The SMILES string of the molecule is Cc1ccc(-c2sc3cc(O)ccc3c2Oc2ccc(OCCCCN3CCCN(CCc4ccc5c(c4)CN(C4CCC(=O)CC4=O)C5=O)CC3)cc2)cc1. The minimum absolute atomic E-state index is 0.0215. The van der Waals surface area contributed by atoms with Gasteiger partial charge in [0.15, 0.2) is 11.5 Å². The lowest BCUT2D eigenvalue weighted by Crippen LogP contribution is -2.44. The van der Waals surface area contributed by atoms with Crippen LogP contribution in [0.3, 0.4) is 0 Å². The second kappa shape index (κ2) is 17.0. The molecule has 1 aromatic heterocycles. The summed E-state index contributed by atoms with van der Waals surface area (Å²) in [6.45, 7) is 9.52. The van der Waals surface area contributed by atoms with Gasteiger partial charge in [-0.1, -0.05) is 42.0 Å². The summed E-state index contributed by atoms with van der Waals surface area (Å²) >= 11 is 1.62. The summed E-state index contributed by atoms with van der Waals surface area (Å²) in [6, 6.07) is 27.3. The fourth-order valence-corrected chi connectivity index (χ4v) is 9.33. The molecule has 1 atom stereocenters. The maximum Gasteiger partial charge on any atom is 0.255 e. The molecular formula is C46H49N3O6S. The minimum atomic E-state index is -0.473. The van der Waals surface area contributed by atoms with E-state index in [0.717, 1.165) is 108 Å². The number of ether oxygens (including phenoxy) is 2. The molecule has 1 saturated carbocycles. The fourth-order valence-electron chi connectivity index (χ4n) is 8.16. The first-order valence-corrected chi connectivity index (χ1v) is 20.7. The Balaban J connectivity index is 0.760. The number of carbonyl (C=O) groups is 3. The van der Waals surface area contributed by atoms with E-state index in [-0.39, 0.29) is 29.6 Å². The van der Waals surface area contributed by atoms with Crippen LogP contribution in [0.25, 0.3) is 20.5 Å². The highest BCUT2D eigenvalue weighted by Crippen LogP contribution is 2.47. The van der Waals surface area contributed by atoms with Gasteiger partial charge in [-0.3, -0.25) is 14.4 Å². The number of hydrogen-bond donors (Lipinski definition) is 1. The van der Waals surface area contributed by atoms with Gasteiger partial charge in [-0.15, -0.1) is 11.3 Å². The molecule has 1 saturated heterocycles. The van der Waals surface area contributed by atoms with Crippen LogP contribution in [-0.4, -0.2) is 89.2 Å². The molecule has 1 N–H and O–H groups in total. The molecule has 0 bridgehead atoms. The zero-order valence-electron chi connectivity index (χ0n) is 32.0.